The lowest BCUT2D eigenvalue weighted by Gasteiger charge is -2.42. The van der Waals surface area contributed by atoms with Gasteiger partial charge in [-0.05, 0) is 17.4 Å². The standard InChI is InChI=1S/C12H20N2O4Si/c1-19(2,3)10-8-6-4-13(11(15)16)5-7(9(8)10)14(6)12(17)18/h6-10H,4-5H2,1-3H3,(H,15,16)(H,17,18)/t6-,7+,8-,9+,10?. The highest BCUT2D eigenvalue weighted by molar-refractivity contribution is 6.78. The SMILES string of the molecule is C[Si](C)(C)C1[C@@H]2[C@H]1[C@H]1CN(C(=O)O)C[C@@H]2N1C(=O)O. The van der Waals surface area contributed by atoms with Crippen LogP contribution in [0.15, 0.2) is 0 Å². The van der Waals surface area contributed by atoms with E-state index in [0.717, 1.165) is 0 Å². The lowest BCUT2D eigenvalue weighted by atomic mass is 10.1. The van der Waals surface area contributed by atoms with Crippen LogP contribution in [-0.2, 0) is 0 Å². The fourth-order valence-corrected chi connectivity index (χ4v) is 7.59. The second kappa shape index (κ2) is 3.65. The quantitative estimate of drug-likeness (QED) is 0.718. The number of hydrogen-bond donors (Lipinski definition) is 2. The number of piperazine rings is 1. The van der Waals surface area contributed by atoms with Crippen molar-refractivity contribution in [2.75, 3.05) is 13.1 Å². The Morgan fingerprint density at radius 2 is 1.47 bits per heavy atom. The molecule has 2 amide bonds. The van der Waals surface area contributed by atoms with Gasteiger partial charge in [0.1, 0.15) is 0 Å². The van der Waals surface area contributed by atoms with E-state index in [2.05, 4.69) is 19.6 Å². The molecule has 0 aromatic heterocycles. The van der Waals surface area contributed by atoms with Crippen molar-refractivity contribution in [2.45, 2.75) is 37.3 Å². The van der Waals surface area contributed by atoms with Gasteiger partial charge in [-0.1, -0.05) is 19.6 Å². The highest BCUT2D eigenvalue weighted by Gasteiger charge is 2.72. The Kier molecular flexibility index (Phi) is 2.45. The third-order valence-electron chi connectivity index (χ3n) is 5.04. The van der Waals surface area contributed by atoms with E-state index in [4.69, 9.17) is 5.11 Å². The van der Waals surface area contributed by atoms with Crippen LogP contribution in [-0.4, -0.2) is 65.4 Å². The summed E-state index contributed by atoms with van der Waals surface area (Å²) in [6.45, 7) is 7.67. The number of nitrogens with zero attached hydrogens (tertiary/aromatic N) is 2. The van der Waals surface area contributed by atoms with Crippen molar-refractivity contribution in [2.24, 2.45) is 11.8 Å². The van der Waals surface area contributed by atoms with Crippen LogP contribution in [0.2, 0.25) is 25.2 Å². The van der Waals surface area contributed by atoms with E-state index in [9.17, 15) is 14.7 Å². The van der Waals surface area contributed by atoms with E-state index >= 15 is 0 Å². The number of carboxylic acid groups (broad SMARTS) is 2. The minimum atomic E-state index is -1.28. The third-order valence-corrected chi connectivity index (χ3v) is 7.81. The van der Waals surface area contributed by atoms with Crippen LogP contribution in [0.25, 0.3) is 0 Å². The molecule has 2 heterocycles. The summed E-state index contributed by atoms with van der Waals surface area (Å²) in [7, 11) is -1.28. The van der Waals surface area contributed by atoms with Crippen molar-refractivity contribution < 1.29 is 19.8 Å². The highest BCUT2D eigenvalue weighted by Crippen LogP contribution is 2.68. The molecule has 2 bridgehead atoms. The number of rotatable bonds is 1. The first-order chi connectivity index (χ1) is 8.73. The van der Waals surface area contributed by atoms with Gasteiger partial charge in [-0.2, -0.15) is 0 Å². The Bertz CT molecular complexity index is 430. The molecule has 2 saturated heterocycles. The molecule has 1 saturated carbocycles. The molecule has 6 nitrogen and oxygen atoms in total. The zero-order valence-electron chi connectivity index (χ0n) is 11.4. The maximum Gasteiger partial charge on any atom is 0.407 e. The Morgan fingerprint density at radius 1 is 1.00 bits per heavy atom. The summed E-state index contributed by atoms with van der Waals surface area (Å²) < 4.78 is 0. The average molecular weight is 284 g/mol. The van der Waals surface area contributed by atoms with Crippen molar-refractivity contribution in [1.82, 2.24) is 9.80 Å². The minimum absolute atomic E-state index is 0.117. The molecule has 1 aliphatic carbocycles. The summed E-state index contributed by atoms with van der Waals surface area (Å²) in [4.78, 5) is 25.4. The van der Waals surface area contributed by atoms with E-state index in [1.807, 2.05) is 0 Å². The first kappa shape index (κ1) is 12.8. The predicted molar refractivity (Wildman–Crippen MR) is 71.1 cm³/mol. The van der Waals surface area contributed by atoms with Crippen LogP contribution in [0, 0.1) is 11.8 Å². The van der Waals surface area contributed by atoms with Gasteiger partial charge in [0.15, 0.2) is 0 Å². The van der Waals surface area contributed by atoms with Crippen LogP contribution < -0.4 is 0 Å². The highest BCUT2D eigenvalue weighted by atomic mass is 28.3. The number of hydrogen-bond acceptors (Lipinski definition) is 2. The molecule has 2 aliphatic heterocycles. The first-order valence-electron chi connectivity index (χ1n) is 6.72. The van der Waals surface area contributed by atoms with E-state index in [0.29, 0.717) is 30.5 Å². The average Bonchev–Trinajstić information content (AvgIpc) is 2.96. The second-order valence-electron chi connectivity index (χ2n) is 7.06. The summed E-state index contributed by atoms with van der Waals surface area (Å²) in [6.07, 6.45) is -1.81. The summed E-state index contributed by atoms with van der Waals surface area (Å²) in [6, 6.07) is -0.233. The molecule has 0 spiro atoms. The number of fused-ring (bicyclic) bond motifs is 5. The molecule has 0 radical (unpaired) electrons. The van der Waals surface area contributed by atoms with Gasteiger partial charge >= 0.3 is 12.2 Å². The van der Waals surface area contributed by atoms with E-state index < -0.39 is 20.3 Å². The molecular weight excluding hydrogens is 264 g/mol. The topological polar surface area (TPSA) is 81.1 Å². The molecule has 1 unspecified atom stereocenters. The Hall–Kier alpha value is -1.24. The molecule has 106 valence electrons. The first-order valence-corrected chi connectivity index (χ1v) is 10.3. The van der Waals surface area contributed by atoms with Crippen molar-refractivity contribution in [3.8, 4) is 0 Å². The normalized spacial score (nSPS) is 40.1. The maximum absolute atomic E-state index is 11.4. The van der Waals surface area contributed by atoms with Crippen LogP contribution >= 0.6 is 0 Å². The number of carbonyl (C=O) groups is 2. The van der Waals surface area contributed by atoms with Crippen molar-refractivity contribution in [3.05, 3.63) is 0 Å². The van der Waals surface area contributed by atoms with Gasteiger partial charge in [0, 0.05) is 21.2 Å². The van der Waals surface area contributed by atoms with E-state index in [1.165, 1.54) is 9.80 Å². The molecular formula is C12H20N2O4Si. The Labute approximate surface area is 113 Å². The zero-order valence-corrected chi connectivity index (χ0v) is 12.4. The fourth-order valence-electron chi connectivity index (χ4n) is 4.51. The van der Waals surface area contributed by atoms with Crippen molar-refractivity contribution in [1.29, 1.82) is 0 Å². The van der Waals surface area contributed by atoms with Gasteiger partial charge < -0.3 is 15.1 Å². The summed E-state index contributed by atoms with van der Waals surface area (Å²) >= 11 is 0. The molecule has 19 heavy (non-hydrogen) atoms. The summed E-state index contributed by atoms with van der Waals surface area (Å²) in [5.41, 5.74) is 0.661. The van der Waals surface area contributed by atoms with Gasteiger partial charge in [-0.25, -0.2) is 9.59 Å². The van der Waals surface area contributed by atoms with Crippen LogP contribution in [0.5, 0.6) is 0 Å². The number of likely N-dealkylation sites (tertiary alicyclic amines) is 1. The summed E-state index contributed by atoms with van der Waals surface area (Å²) in [5.74, 6) is 0.800. The lowest BCUT2D eigenvalue weighted by Crippen LogP contribution is -2.60. The molecule has 3 rings (SSSR count). The largest absolute Gasteiger partial charge is 0.465 e. The fraction of sp³-hybridized carbons (Fsp3) is 0.833. The lowest BCUT2D eigenvalue weighted by molar-refractivity contribution is 0.0442. The Balaban J connectivity index is 1.87. The minimum Gasteiger partial charge on any atom is -0.465 e. The second-order valence-corrected chi connectivity index (χ2v) is 12.5. The van der Waals surface area contributed by atoms with Crippen molar-refractivity contribution in [3.63, 3.8) is 0 Å². The number of piperidine rings is 1. The smallest absolute Gasteiger partial charge is 0.407 e. The molecule has 5 atom stereocenters. The van der Waals surface area contributed by atoms with Gasteiger partial charge in [0.05, 0.1) is 12.1 Å². The Morgan fingerprint density at radius 3 is 1.79 bits per heavy atom. The van der Waals surface area contributed by atoms with Gasteiger partial charge in [0.25, 0.3) is 0 Å². The third kappa shape index (κ3) is 1.67. The zero-order chi connectivity index (χ0) is 14.1. The molecule has 3 aliphatic rings. The van der Waals surface area contributed by atoms with Crippen LogP contribution in [0.3, 0.4) is 0 Å². The van der Waals surface area contributed by atoms with Crippen molar-refractivity contribution >= 4 is 20.3 Å². The molecule has 0 aromatic carbocycles. The van der Waals surface area contributed by atoms with Crippen LogP contribution in [0.4, 0.5) is 9.59 Å². The molecule has 0 aromatic rings. The molecule has 2 N–H and O–H groups in total. The monoisotopic (exact) mass is 284 g/mol. The number of amides is 2. The molecule has 7 heteroatoms. The maximum atomic E-state index is 11.4. The van der Waals surface area contributed by atoms with E-state index in [-0.39, 0.29) is 12.1 Å². The molecule has 3 fully saturated rings. The van der Waals surface area contributed by atoms with Gasteiger partial charge in [-0.15, -0.1) is 0 Å². The summed E-state index contributed by atoms with van der Waals surface area (Å²) in [5, 5.41) is 18.5. The van der Waals surface area contributed by atoms with Crippen LogP contribution in [0.1, 0.15) is 0 Å². The van der Waals surface area contributed by atoms with Gasteiger partial charge in [0.2, 0.25) is 0 Å². The van der Waals surface area contributed by atoms with Gasteiger partial charge in [-0.3, -0.25) is 4.90 Å². The van der Waals surface area contributed by atoms with E-state index in [1.54, 1.807) is 0 Å². The predicted octanol–water partition coefficient (Wildman–Crippen LogP) is 1.67.